The van der Waals surface area contributed by atoms with Gasteiger partial charge in [-0.15, -0.1) is 0 Å². The third kappa shape index (κ3) is 6.48. The molecule has 2 N–H and O–H groups in total. The lowest BCUT2D eigenvalue weighted by Crippen LogP contribution is -2.38. The van der Waals surface area contributed by atoms with Crippen molar-refractivity contribution in [2.24, 2.45) is 4.99 Å². The molecule has 154 valence electrons. The van der Waals surface area contributed by atoms with Gasteiger partial charge in [-0.05, 0) is 31.9 Å². The quantitative estimate of drug-likeness (QED) is 0.349. The number of guanidine groups is 1. The fourth-order valence-corrected chi connectivity index (χ4v) is 2.78. The number of hydrogen-bond donors (Lipinski definition) is 2. The topological polar surface area (TPSA) is 80.9 Å². The van der Waals surface area contributed by atoms with Crippen LogP contribution in [0.15, 0.2) is 33.8 Å². The van der Waals surface area contributed by atoms with E-state index >= 15 is 0 Å². The fraction of sp³-hybridized carbons (Fsp3) is 0.524. The molecule has 1 heterocycles. The number of nitrogens with zero attached hydrogens (tertiary/aromatic N) is 2. The predicted molar refractivity (Wildman–Crippen MR) is 111 cm³/mol. The highest BCUT2D eigenvalue weighted by atomic mass is 16.5. The molecule has 0 saturated carbocycles. The smallest absolute Gasteiger partial charge is 0.191 e. The number of ether oxygens (including phenoxy) is 2. The standard InChI is InChI=1S/C21H32N4O3/c1-5-19-18(20(6-2)28-25-19)15-24-21(22-7-3)23-12-9-13-27-17-11-8-10-16(14-17)26-4/h8,10-11,14H,5-7,9,12-13,15H2,1-4H3,(H2,22,23,24). The lowest BCUT2D eigenvalue weighted by Gasteiger charge is -2.12. The summed E-state index contributed by atoms with van der Waals surface area (Å²) >= 11 is 0. The Bertz CT molecular complexity index is 722. The summed E-state index contributed by atoms with van der Waals surface area (Å²) in [5, 5.41) is 10.8. The van der Waals surface area contributed by atoms with E-state index in [1.54, 1.807) is 7.11 Å². The van der Waals surface area contributed by atoms with Crippen LogP contribution >= 0.6 is 0 Å². The van der Waals surface area contributed by atoms with Crippen LogP contribution in [0.1, 0.15) is 44.2 Å². The molecule has 0 amide bonds. The molecule has 0 bridgehead atoms. The molecule has 0 fully saturated rings. The number of methoxy groups -OCH3 is 1. The van der Waals surface area contributed by atoms with Gasteiger partial charge < -0.3 is 24.6 Å². The minimum Gasteiger partial charge on any atom is -0.497 e. The molecule has 0 aliphatic heterocycles. The van der Waals surface area contributed by atoms with Gasteiger partial charge in [-0.3, -0.25) is 0 Å². The average molecular weight is 389 g/mol. The van der Waals surface area contributed by atoms with E-state index in [9.17, 15) is 0 Å². The lowest BCUT2D eigenvalue weighted by molar-refractivity contribution is 0.308. The average Bonchev–Trinajstić information content (AvgIpc) is 3.13. The first-order valence-corrected chi connectivity index (χ1v) is 9.97. The van der Waals surface area contributed by atoms with E-state index in [0.29, 0.717) is 13.2 Å². The van der Waals surface area contributed by atoms with E-state index in [1.807, 2.05) is 24.3 Å². The van der Waals surface area contributed by atoms with Crippen LogP contribution in [0.25, 0.3) is 0 Å². The Morgan fingerprint density at radius 3 is 2.68 bits per heavy atom. The van der Waals surface area contributed by atoms with Crippen LogP contribution in [0.5, 0.6) is 11.5 Å². The third-order valence-electron chi connectivity index (χ3n) is 4.27. The zero-order valence-corrected chi connectivity index (χ0v) is 17.4. The number of nitrogens with one attached hydrogen (secondary N) is 2. The summed E-state index contributed by atoms with van der Waals surface area (Å²) in [7, 11) is 1.65. The minimum absolute atomic E-state index is 0.561. The van der Waals surface area contributed by atoms with Gasteiger partial charge in [-0.25, -0.2) is 4.99 Å². The van der Waals surface area contributed by atoms with E-state index in [-0.39, 0.29) is 0 Å². The molecular formula is C21H32N4O3. The highest BCUT2D eigenvalue weighted by Crippen LogP contribution is 2.19. The molecule has 28 heavy (non-hydrogen) atoms. The van der Waals surface area contributed by atoms with Gasteiger partial charge in [0.2, 0.25) is 0 Å². The van der Waals surface area contributed by atoms with Crippen molar-refractivity contribution in [3.63, 3.8) is 0 Å². The molecule has 0 unspecified atom stereocenters. The van der Waals surface area contributed by atoms with Crippen LogP contribution in [-0.2, 0) is 19.4 Å². The maximum absolute atomic E-state index is 5.77. The van der Waals surface area contributed by atoms with Crippen molar-refractivity contribution < 1.29 is 14.0 Å². The van der Waals surface area contributed by atoms with Gasteiger partial charge in [-0.2, -0.15) is 0 Å². The van der Waals surface area contributed by atoms with Gasteiger partial charge in [0.15, 0.2) is 5.96 Å². The third-order valence-corrected chi connectivity index (χ3v) is 4.27. The summed E-state index contributed by atoms with van der Waals surface area (Å²) in [4.78, 5) is 4.69. The Hall–Kier alpha value is -2.70. The van der Waals surface area contributed by atoms with Crippen molar-refractivity contribution in [3.8, 4) is 11.5 Å². The molecule has 2 rings (SSSR count). The second kappa shape index (κ2) is 11.9. The minimum atomic E-state index is 0.561. The zero-order chi connectivity index (χ0) is 20.2. The molecule has 1 aromatic heterocycles. The lowest BCUT2D eigenvalue weighted by atomic mass is 10.1. The van der Waals surface area contributed by atoms with Crippen LogP contribution in [0.2, 0.25) is 0 Å². The van der Waals surface area contributed by atoms with Gasteiger partial charge >= 0.3 is 0 Å². The van der Waals surface area contributed by atoms with Gasteiger partial charge in [0, 0.05) is 31.1 Å². The predicted octanol–water partition coefficient (Wildman–Crippen LogP) is 3.33. The van der Waals surface area contributed by atoms with Crippen LogP contribution in [0, 0.1) is 0 Å². The molecular weight excluding hydrogens is 356 g/mol. The van der Waals surface area contributed by atoms with Gasteiger partial charge in [0.1, 0.15) is 17.3 Å². The first-order valence-electron chi connectivity index (χ1n) is 9.97. The Morgan fingerprint density at radius 1 is 1.14 bits per heavy atom. The van der Waals surface area contributed by atoms with E-state index < -0.39 is 0 Å². The SMILES string of the molecule is CCNC(=NCc1c(CC)noc1CC)NCCCOc1cccc(OC)c1. The Morgan fingerprint density at radius 2 is 1.96 bits per heavy atom. The maximum Gasteiger partial charge on any atom is 0.191 e. The molecule has 7 nitrogen and oxygen atoms in total. The summed E-state index contributed by atoms with van der Waals surface area (Å²) in [6.45, 7) is 8.95. The van der Waals surface area contributed by atoms with Crippen molar-refractivity contribution in [2.75, 3.05) is 26.8 Å². The van der Waals surface area contributed by atoms with Gasteiger partial charge in [0.25, 0.3) is 0 Å². The second-order valence-electron chi connectivity index (χ2n) is 6.24. The number of rotatable bonds is 11. The number of aryl methyl sites for hydroxylation is 2. The molecule has 0 saturated heterocycles. The zero-order valence-electron chi connectivity index (χ0n) is 17.4. The van der Waals surface area contributed by atoms with E-state index in [1.165, 1.54) is 0 Å². The largest absolute Gasteiger partial charge is 0.497 e. The fourth-order valence-electron chi connectivity index (χ4n) is 2.78. The Balaban J connectivity index is 1.82. The van der Waals surface area contributed by atoms with Crippen molar-refractivity contribution in [3.05, 3.63) is 41.3 Å². The highest BCUT2D eigenvalue weighted by molar-refractivity contribution is 5.79. The number of aliphatic imine (C=N–C) groups is 1. The van der Waals surface area contributed by atoms with Gasteiger partial charge in [0.05, 0.1) is 26.0 Å². The molecule has 7 heteroatoms. The molecule has 1 aromatic carbocycles. The normalized spacial score (nSPS) is 11.4. The van der Waals surface area contributed by atoms with E-state index in [4.69, 9.17) is 14.0 Å². The number of benzene rings is 1. The summed E-state index contributed by atoms with van der Waals surface area (Å²) in [6.07, 6.45) is 2.53. The van der Waals surface area contributed by atoms with Crippen molar-refractivity contribution in [1.29, 1.82) is 0 Å². The number of aromatic nitrogens is 1. The van der Waals surface area contributed by atoms with Crippen LogP contribution in [-0.4, -0.2) is 37.9 Å². The summed E-state index contributed by atoms with van der Waals surface area (Å²) in [5.41, 5.74) is 2.09. The van der Waals surface area contributed by atoms with Gasteiger partial charge in [-0.1, -0.05) is 25.1 Å². The molecule has 2 aromatic rings. The summed E-state index contributed by atoms with van der Waals surface area (Å²) in [5.74, 6) is 3.31. The molecule has 0 aliphatic carbocycles. The summed E-state index contributed by atoms with van der Waals surface area (Å²) in [6, 6.07) is 7.63. The van der Waals surface area contributed by atoms with Crippen LogP contribution in [0.3, 0.4) is 0 Å². The van der Waals surface area contributed by atoms with E-state index in [2.05, 4.69) is 41.6 Å². The second-order valence-corrected chi connectivity index (χ2v) is 6.24. The van der Waals surface area contributed by atoms with Crippen molar-refractivity contribution >= 4 is 5.96 Å². The summed E-state index contributed by atoms with van der Waals surface area (Å²) < 4.78 is 16.4. The van der Waals surface area contributed by atoms with Crippen LogP contribution < -0.4 is 20.1 Å². The molecule has 0 atom stereocenters. The van der Waals surface area contributed by atoms with Crippen LogP contribution in [0.4, 0.5) is 0 Å². The maximum atomic E-state index is 5.77. The molecule has 0 spiro atoms. The highest BCUT2D eigenvalue weighted by Gasteiger charge is 2.13. The van der Waals surface area contributed by atoms with Crippen molar-refractivity contribution in [1.82, 2.24) is 15.8 Å². The van der Waals surface area contributed by atoms with E-state index in [0.717, 1.165) is 66.8 Å². The Labute approximate surface area is 167 Å². The molecule has 0 radical (unpaired) electrons. The Kier molecular flexibility index (Phi) is 9.18. The first-order chi connectivity index (χ1) is 13.7. The monoisotopic (exact) mass is 388 g/mol. The first kappa shape index (κ1) is 21.6. The molecule has 0 aliphatic rings. The van der Waals surface area contributed by atoms with Crippen molar-refractivity contribution in [2.45, 2.75) is 46.6 Å². The number of hydrogen-bond acceptors (Lipinski definition) is 5.